The maximum Gasteiger partial charge on any atom is 0.206 e. The molecular weight excluding hydrogens is 428 g/mol. The number of pyridine rings is 1. The highest BCUT2D eigenvalue weighted by atomic mass is 35.5. The first-order valence-electron chi connectivity index (χ1n) is 11.6. The highest BCUT2D eigenvalue weighted by Gasteiger charge is 2.21. The molecule has 3 heterocycles. The van der Waals surface area contributed by atoms with Gasteiger partial charge in [0.25, 0.3) is 0 Å². The minimum atomic E-state index is 0.729. The molecule has 166 valence electrons. The van der Waals surface area contributed by atoms with Gasteiger partial charge >= 0.3 is 0 Å². The van der Waals surface area contributed by atoms with E-state index in [2.05, 4.69) is 58.3 Å². The number of hydrogen-bond acceptors (Lipinski definition) is 3. The Kier molecular flexibility index (Phi) is 6.07. The topological polar surface area (TPSA) is 34.0 Å². The van der Waals surface area contributed by atoms with Gasteiger partial charge in [-0.3, -0.25) is 0 Å². The number of aryl methyl sites for hydroxylation is 1. The van der Waals surface area contributed by atoms with Crippen LogP contribution in [-0.4, -0.2) is 27.6 Å². The molecule has 0 amide bonds. The van der Waals surface area contributed by atoms with E-state index in [4.69, 9.17) is 16.6 Å². The van der Waals surface area contributed by atoms with Crippen molar-refractivity contribution in [1.29, 1.82) is 0 Å². The van der Waals surface area contributed by atoms with Crippen molar-refractivity contribution in [3.8, 4) is 23.0 Å². The molecule has 0 atom stereocenters. The van der Waals surface area contributed by atoms with Crippen LogP contribution in [0.25, 0.3) is 22.2 Å². The van der Waals surface area contributed by atoms with Crippen LogP contribution in [0, 0.1) is 17.8 Å². The third kappa shape index (κ3) is 4.60. The van der Waals surface area contributed by atoms with Gasteiger partial charge in [-0.15, -0.1) is 0 Å². The maximum atomic E-state index is 5.98. The minimum absolute atomic E-state index is 0.729. The van der Waals surface area contributed by atoms with Crippen LogP contribution in [0.2, 0.25) is 5.02 Å². The smallest absolute Gasteiger partial charge is 0.206 e. The Hall–Kier alpha value is -3.29. The Labute approximate surface area is 200 Å². The molecule has 5 rings (SSSR count). The number of benzene rings is 2. The van der Waals surface area contributed by atoms with Gasteiger partial charge in [-0.1, -0.05) is 42.6 Å². The van der Waals surface area contributed by atoms with Crippen molar-refractivity contribution in [2.75, 3.05) is 18.0 Å². The summed E-state index contributed by atoms with van der Waals surface area (Å²) >= 11 is 5.98. The normalized spacial score (nSPS) is 14.3. The van der Waals surface area contributed by atoms with Crippen LogP contribution in [0.5, 0.6) is 0 Å². The SMILES string of the molecule is CCn1c(N2CCC(C)CC2)nc2cc(C#Cc3ccc(-c4ccc(Cl)cc4)cn3)ccc21. The number of halogens is 1. The lowest BCUT2D eigenvalue weighted by molar-refractivity contribution is 0.431. The van der Waals surface area contributed by atoms with E-state index >= 15 is 0 Å². The summed E-state index contributed by atoms with van der Waals surface area (Å²) in [6, 6.07) is 18.1. The van der Waals surface area contributed by atoms with E-state index in [9.17, 15) is 0 Å². The zero-order valence-electron chi connectivity index (χ0n) is 19.1. The first kappa shape index (κ1) is 21.6. The fourth-order valence-electron chi connectivity index (χ4n) is 4.37. The zero-order chi connectivity index (χ0) is 22.8. The maximum absolute atomic E-state index is 5.98. The quantitative estimate of drug-likeness (QED) is 0.335. The lowest BCUT2D eigenvalue weighted by Gasteiger charge is -2.31. The fourth-order valence-corrected chi connectivity index (χ4v) is 4.50. The molecule has 0 unspecified atom stereocenters. The summed E-state index contributed by atoms with van der Waals surface area (Å²) in [5, 5.41) is 0.729. The van der Waals surface area contributed by atoms with Gasteiger partial charge in [-0.25, -0.2) is 9.97 Å². The second kappa shape index (κ2) is 9.29. The van der Waals surface area contributed by atoms with E-state index in [1.165, 1.54) is 18.4 Å². The van der Waals surface area contributed by atoms with Crippen molar-refractivity contribution in [2.45, 2.75) is 33.2 Å². The Morgan fingerprint density at radius 1 is 0.970 bits per heavy atom. The Morgan fingerprint density at radius 3 is 2.42 bits per heavy atom. The van der Waals surface area contributed by atoms with Gasteiger partial charge in [-0.05, 0) is 73.6 Å². The van der Waals surface area contributed by atoms with Gasteiger partial charge in [0, 0.05) is 42.0 Å². The van der Waals surface area contributed by atoms with E-state index in [1.807, 2.05) is 42.6 Å². The largest absolute Gasteiger partial charge is 0.342 e. The van der Waals surface area contributed by atoms with Crippen molar-refractivity contribution >= 4 is 28.6 Å². The van der Waals surface area contributed by atoms with E-state index in [1.54, 1.807) is 0 Å². The first-order valence-corrected chi connectivity index (χ1v) is 12.0. The summed E-state index contributed by atoms with van der Waals surface area (Å²) in [7, 11) is 0. The number of aromatic nitrogens is 3. The molecule has 0 radical (unpaired) electrons. The molecule has 2 aromatic carbocycles. The van der Waals surface area contributed by atoms with Gasteiger partial charge < -0.3 is 9.47 Å². The number of hydrogen-bond donors (Lipinski definition) is 0. The monoisotopic (exact) mass is 454 g/mol. The molecule has 4 aromatic rings. The number of fused-ring (bicyclic) bond motifs is 1. The molecule has 1 aliphatic heterocycles. The first-order chi connectivity index (χ1) is 16.1. The number of anilines is 1. The summed E-state index contributed by atoms with van der Waals surface area (Å²) < 4.78 is 2.32. The molecule has 0 bridgehead atoms. The van der Waals surface area contributed by atoms with Crippen LogP contribution < -0.4 is 4.90 Å². The predicted molar refractivity (Wildman–Crippen MR) is 137 cm³/mol. The lowest BCUT2D eigenvalue weighted by Crippen LogP contribution is -2.34. The third-order valence-electron chi connectivity index (χ3n) is 6.39. The second-order valence-corrected chi connectivity index (χ2v) is 9.15. The van der Waals surface area contributed by atoms with Crippen LogP contribution in [-0.2, 0) is 6.54 Å². The van der Waals surface area contributed by atoms with Crippen LogP contribution in [0.15, 0.2) is 60.8 Å². The van der Waals surface area contributed by atoms with E-state index < -0.39 is 0 Å². The molecule has 33 heavy (non-hydrogen) atoms. The molecule has 0 N–H and O–H groups in total. The molecule has 0 aliphatic carbocycles. The Balaban J connectivity index is 1.38. The third-order valence-corrected chi connectivity index (χ3v) is 6.64. The molecule has 2 aromatic heterocycles. The number of rotatable bonds is 3. The van der Waals surface area contributed by atoms with E-state index in [0.29, 0.717) is 0 Å². The Morgan fingerprint density at radius 2 is 1.73 bits per heavy atom. The number of nitrogens with zero attached hydrogens (tertiary/aromatic N) is 4. The molecule has 1 fully saturated rings. The average Bonchev–Trinajstić information content (AvgIpc) is 3.22. The summed E-state index contributed by atoms with van der Waals surface area (Å²) in [4.78, 5) is 11.9. The van der Waals surface area contributed by atoms with Crippen molar-refractivity contribution < 1.29 is 0 Å². The molecule has 5 heteroatoms. The fraction of sp³-hybridized carbons (Fsp3) is 0.286. The summed E-state index contributed by atoms with van der Waals surface area (Å²) in [6.07, 6.45) is 4.31. The van der Waals surface area contributed by atoms with Gasteiger partial charge in [0.05, 0.1) is 11.0 Å². The van der Waals surface area contributed by atoms with Gasteiger partial charge in [0.15, 0.2) is 0 Å². The minimum Gasteiger partial charge on any atom is -0.342 e. The van der Waals surface area contributed by atoms with Crippen molar-refractivity contribution in [3.05, 3.63) is 77.1 Å². The zero-order valence-corrected chi connectivity index (χ0v) is 19.8. The van der Waals surface area contributed by atoms with E-state index in [0.717, 1.165) is 64.4 Å². The molecule has 4 nitrogen and oxygen atoms in total. The molecule has 1 saturated heterocycles. The van der Waals surface area contributed by atoms with Gasteiger partial charge in [-0.2, -0.15) is 0 Å². The van der Waals surface area contributed by atoms with Gasteiger partial charge in [0.1, 0.15) is 5.69 Å². The summed E-state index contributed by atoms with van der Waals surface area (Å²) in [5.41, 5.74) is 6.00. The predicted octanol–water partition coefficient (Wildman–Crippen LogP) is 6.41. The van der Waals surface area contributed by atoms with Crippen LogP contribution >= 0.6 is 11.6 Å². The molecule has 0 spiro atoms. The van der Waals surface area contributed by atoms with Crippen LogP contribution in [0.1, 0.15) is 37.9 Å². The van der Waals surface area contributed by atoms with Crippen LogP contribution in [0.3, 0.4) is 0 Å². The van der Waals surface area contributed by atoms with Crippen molar-refractivity contribution in [2.24, 2.45) is 5.92 Å². The van der Waals surface area contributed by atoms with Crippen molar-refractivity contribution in [1.82, 2.24) is 14.5 Å². The van der Waals surface area contributed by atoms with Crippen LogP contribution in [0.4, 0.5) is 5.95 Å². The molecule has 0 saturated carbocycles. The molecule has 1 aliphatic rings. The van der Waals surface area contributed by atoms with Crippen molar-refractivity contribution in [3.63, 3.8) is 0 Å². The second-order valence-electron chi connectivity index (χ2n) is 8.72. The highest BCUT2D eigenvalue weighted by molar-refractivity contribution is 6.30. The Bertz CT molecular complexity index is 1320. The van der Waals surface area contributed by atoms with Gasteiger partial charge in [0.2, 0.25) is 5.95 Å². The average molecular weight is 455 g/mol. The van der Waals surface area contributed by atoms with E-state index in [-0.39, 0.29) is 0 Å². The standard InChI is InChI=1S/C28H27ClN4/c1-3-33-27-13-5-21(18-26(27)31-28(33)32-16-14-20(2)15-17-32)4-11-25-12-8-23(19-30-25)22-6-9-24(29)10-7-22/h5-10,12-13,18-20H,3,14-17H2,1-2H3. The molecular formula is C28H27ClN4. The summed E-state index contributed by atoms with van der Waals surface area (Å²) in [5.74, 6) is 8.34. The number of imidazole rings is 1. The highest BCUT2D eigenvalue weighted by Crippen LogP contribution is 2.27. The number of piperidine rings is 1. The lowest BCUT2D eigenvalue weighted by atomic mass is 10.00. The summed E-state index contributed by atoms with van der Waals surface area (Å²) in [6.45, 7) is 7.59.